The molecule has 1 aromatic carbocycles. The van der Waals surface area contributed by atoms with Crippen LogP contribution in [0.1, 0.15) is 37.5 Å². The number of benzene rings is 1. The molecule has 0 heterocycles. The summed E-state index contributed by atoms with van der Waals surface area (Å²) in [7, 11) is 0. The molecule has 0 radical (unpaired) electrons. The van der Waals surface area contributed by atoms with Gasteiger partial charge in [-0.15, -0.1) is 0 Å². The Morgan fingerprint density at radius 3 is 2.14 bits per heavy atom. The van der Waals surface area contributed by atoms with Crippen LogP contribution >= 0.6 is 15.9 Å². The molecule has 0 fully saturated rings. The van der Waals surface area contributed by atoms with Crippen molar-refractivity contribution in [1.82, 2.24) is 0 Å². The van der Waals surface area contributed by atoms with E-state index in [4.69, 9.17) is 0 Å². The molecule has 1 aromatic rings. The Morgan fingerprint density at radius 1 is 1.21 bits per heavy atom. The van der Waals surface area contributed by atoms with E-state index >= 15 is 0 Å². The fourth-order valence-electron chi connectivity index (χ4n) is 1.43. The lowest BCUT2D eigenvalue weighted by atomic mass is 9.84. The first-order chi connectivity index (χ1) is 6.25. The number of rotatable bonds is 0. The van der Waals surface area contributed by atoms with Gasteiger partial charge in [0.2, 0.25) is 0 Å². The van der Waals surface area contributed by atoms with Gasteiger partial charge in [-0.2, -0.15) is 0 Å². The van der Waals surface area contributed by atoms with Crippen molar-refractivity contribution in [3.8, 4) is 5.75 Å². The zero-order chi connectivity index (χ0) is 11.1. The van der Waals surface area contributed by atoms with E-state index in [0.717, 1.165) is 15.6 Å². The van der Waals surface area contributed by atoms with Crippen LogP contribution in [0.15, 0.2) is 10.5 Å². The van der Waals surface area contributed by atoms with Gasteiger partial charge in [-0.3, -0.25) is 0 Å². The van der Waals surface area contributed by atoms with Crippen LogP contribution in [-0.4, -0.2) is 5.11 Å². The highest BCUT2D eigenvalue weighted by molar-refractivity contribution is 9.10. The zero-order valence-electron chi connectivity index (χ0n) is 9.40. The molecular formula is C12H17BrO. The standard InChI is InChI=1S/C12H17BrO/c1-7-6-9(12(3,4)5)11(14)10(13)8(7)2/h6,14H,1-5H3. The van der Waals surface area contributed by atoms with Gasteiger partial charge in [-0.05, 0) is 46.3 Å². The average Bonchev–Trinajstić information content (AvgIpc) is 2.06. The van der Waals surface area contributed by atoms with Crippen LogP contribution in [0.4, 0.5) is 0 Å². The van der Waals surface area contributed by atoms with Crippen LogP contribution in [-0.2, 0) is 5.41 Å². The van der Waals surface area contributed by atoms with Crippen molar-refractivity contribution >= 4 is 15.9 Å². The number of hydrogen-bond acceptors (Lipinski definition) is 1. The second-order valence-corrected chi connectivity index (χ2v) is 5.57. The fraction of sp³-hybridized carbons (Fsp3) is 0.500. The molecule has 0 unspecified atom stereocenters. The van der Waals surface area contributed by atoms with E-state index in [1.54, 1.807) is 0 Å². The maximum absolute atomic E-state index is 9.99. The highest BCUT2D eigenvalue weighted by Gasteiger charge is 2.21. The van der Waals surface area contributed by atoms with Crippen molar-refractivity contribution in [3.63, 3.8) is 0 Å². The van der Waals surface area contributed by atoms with Gasteiger partial charge >= 0.3 is 0 Å². The molecule has 0 bridgehead atoms. The van der Waals surface area contributed by atoms with Crippen LogP contribution in [0.25, 0.3) is 0 Å². The molecule has 1 rings (SSSR count). The minimum Gasteiger partial charge on any atom is -0.506 e. The molecule has 2 heteroatoms. The molecule has 14 heavy (non-hydrogen) atoms. The normalized spacial score (nSPS) is 11.9. The van der Waals surface area contributed by atoms with Gasteiger partial charge < -0.3 is 5.11 Å². The Bertz CT molecular complexity index is 362. The minimum absolute atomic E-state index is 0.0228. The third-order valence-corrected chi connectivity index (χ3v) is 3.52. The summed E-state index contributed by atoms with van der Waals surface area (Å²) < 4.78 is 0.822. The third kappa shape index (κ3) is 1.95. The number of halogens is 1. The second-order valence-electron chi connectivity index (χ2n) is 4.78. The van der Waals surface area contributed by atoms with E-state index in [-0.39, 0.29) is 5.41 Å². The lowest BCUT2D eigenvalue weighted by molar-refractivity contribution is 0.442. The Morgan fingerprint density at radius 2 is 1.71 bits per heavy atom. The van der Waals surface area contributed by atoms with Crippen LogP contribution < -0.4 is 0 Å². The summed E-state index contributed by atoms with van der Waals surface area (Å²) in [5.74, 6) is 0.376. The molecule has 0 spiro atoms. The molecule has 0 aliphatic heterocycles. The van der Waals surface area contributed by atoms with Gasteiger partial charge in [-0.25, -0.2) is 0 Å². The summed E-state index contributed by atoms with van der Waals surface area (Å²) >= 11 is 3.42. The van der Waals surface area contributed by atoms with Gasteiger partial charge in [0.25, 0.3) is 0 Å². The number of aromatic hydroxyl groups is 1. The van der Waals surface area contributed by atoms with Crippen molar-refractivity contribution in [2.45, 2.75) is 40.0 Å². The third-order valence-electron chi connectivity index (χ3n) is 2.55. The topological polar surface area (TPSA) is 20.2 Å². The fourth-order valence-corrected chi connectivity index (χ4v) is 1.96. The van der Waals surface area contributed by atoms with Crippen molar-refractivity contribution < 1.29 is 5.11 Å². The van der Waals surface area contributed by atoms with Crippen molar-refractivity contribution in [2.24, 2.45) is 0 Å². The predicted octanol–water partition coefficient (Wildman–Crippen LogP) is 4.07. The maximum Gasteiger partial charge on any atom is 0.133 e. The minimum atomic E-state index is -0.0228. The van der Waals surface area contributed by atoms with E-state index in [1.165, 1.54) is 5.56 Å². The molecule has 0 saturated heterocycles. The molecule has 78 valence electrons. The van der Waals surface area contributed by atoms with Gasteiger partial charge in [0.1, 0.15) is 5.75 Å². The Kier molecular flexibility index (Phi) is 2.96. The smallest absolute Gasteiger partial charge is 0.133 e. The Balaban J connectivity index is 3.49. The van der Waals surface area contributed by atoms with E-state index in [9.17, 15) is 5.11 Å². The van der Waals surface area contributed by atoms with E-state index in [0.29, 0.717) is 5.75 Å². The Hall–Kier alpha value is -0.500. The first kappa shape index (κ1) is 11.6. The zero-order valence-corrected chi connectivity index (χ0v) is 11.0. The van der Waals surface area contributed by atoms with E-state index in [2.05, 4.69) is 49.7 Å². The van der Waals surface area contributed by atoms with E-state index in [1.807, 2.05) is 6.92 Å². The van der Waals surface area contributed by atoms with Gasteiger partial charge in [0, 0.05) is 5.56 Å². The van der Waals surface area contributed by atoms with Crippen LogP contribution in [0, 0.1) is 13.8 Å². The molecule has 0 saturated carbocycles. The monoisotopic (exact) mass is 256 g/mol. The van der Waals surface area contributed by atoms with Crippen LogP contribution in [0.2, 0.25) is 0 Å². The molecule has 1 N–H and O–H groups in total. The predicted molar refractivity (Wildman–Crippen MR) is 64.0 cm³/mol. The maximum atomic E-state index is 9.99. The van der Waals surface area contributed by atoms with Gasteiger partial charge in [0.05, 0.1) is 4.47 Å². The van der Waals surface area contributed by atoms with Crippen LogP contribution in [0.5, 0.6) is 5.75 Å². The highest BCUT2D eigenvalue weighted by atomic mass is 79.9. The second kappa shape index (κ2) is 3.58. The highest BCUT2D eigenvalue weighted by Crippen LogP contribution is 2.39. The first-order valence-corrected chi connectivity index (χ1v) is 5.53. The van der Waals surface area contributed by atoms with Crippen molar-refractivity contribution in [3.05, 3.63) is 27.2 Å². The van der Waals surface area contributed by atoms with Gasteiger partial charge in [0.15, 0.2) is 0 Å². The summed E-state index contributed by atoms with van der Waals surface area (Å²) in [5.41, 5.74) is 3.29. The molecule has 0 aliphatic carbocycles. The number of hydrogen-bond donors (Lipinski definition) is 1. The quantitative estimate of drug-likeness (QED) is 0.742. The number of aryl methyl sites for hydroxylation is 1. The largest absolute Gasteiger partial charge is 0.506 e. The summed E-state index contributed by atoms with van der Waals surface area (Å²) in [6, 6.07) is 2.06. The number of phenolic OH excluding ortho intramolecular Hbond substituents is 1. The molecule has 0 atom stereocenters. The number of phenols is 1. The SMILES string of the molecule is Cc1cc(C(C)(C)C)c(O)c(Br)c1C. The van der Waals surface area contributed by atoms with Crippen molar-refractivity contribution in [1.29, 1.82) is 0 Å². The Labute approximate surface area is 94.3 Å². The lowest BCUT2D eigenvalue weighted by Gasteiger charge is -2.22. The molecule has 0 aliphatic rings. The van der Waals surface area contributed by atoms with E-state index < -0.39 is 0 Å². The van der Waals surface area contributed by atoms with Crippen LogP contribution in [0.3, 0.4) is 0 Å². The lowest BCUT2D eigenvalue weighted by Crippen LogP contribution is -2.12. The summed E-state index contributed by atoms with van der Waals surface area (Å²) in [6.07, 6.45) is 0. The summed E-state index contributed by atoms with van der Waals surface area (Å²) in [6.45, 7) is 10.4. The molecular weight excluding hydrogens is 240 g/mol. The molecule has 0 aromatic heterocycles. The average molecular weight is 257 g/mol. The molecule has 0 amide bonds. The summed E-state index contributed by atoms with van der Waals surface area (Å²) in [4.78, 5) is 0. The van der Waals surface area contributed by atoms with Crippen molar-refractivity contribution in [2.75, 3.05) is 0 Å². The summed E-state index contributed by atoms with van der Waals surface area (Å²) in [5, 5.41) is 9.99. The van der Waals surface area contributed by atoms with Gasteiger partial charge in [-0.1, -0.05) is 26.8 Å². The molecule has 1 nitrogen and oxygen atoms in total. The first-order valence-electron chi connectivity index (χ1n) is 4.74.